The Morgan fingerprint density at radius 3 is 2.53 bits per heavy atom. The molecule has 3 N–H and O–H groups in total. The minimum Gasteiger partial charge on any atom is -0.350 e. The van der Waals surface area contributed by atoms with E-state index in [9.17, 15) is 9.18 Å². The summed E-state index contributed by atoms with van der Waals surface area (Å²) < 4.78 is 12.8. The molecule has 0 aromatic heterocycles. The Labute approximate surface area is 113 Å². The van der Waals surface area contributed by atoms with E-state index in [2.05, 4.69) is 5.32 Å². The lowest BCUT2D eigenvalue weighted by Crippen LogP contribution is -2.42. The third kappa shape index (κ3) is 3.32. The SMILES string of the molecule is CC(NC(=O)CC1(CN)CCC1)c1ccc(F)cc1. The van der Waals surface area contributed by atoms with Crippen molar-refractivity contribution in [3.63, 3.8) is 0 Å². The van der Waals surface area contributed by atoms with Crippen LogP contribution in [0.4, 0.5) is 4.39 Å². The molecule has 0 bridgehead atoms. The summed E-state index contributed by atoms with van der Waals surface area (Å²) in [5.41, 5.74) is 6.68. The van der Waals surface area contributed by atoms with Crippen LogP contribution in [-0.2, 0) is 4.79 Å². The van der Waals surface area contributed by atoms with Crippen LogP contribution < -0.4 is 11.1 Å². The number of hydrogen-bond donors (Lipinski definition) is 2. The molecule has 3 nitrogen and oxygen atoms in total. The molecule has 1 saturated carbocycles. The summed E-state index contributed by atoms with van der Waals surface area (Å²) in [7, 11) is 0. The van der Waals surface area contributed by atoms with Crippen LogP contribution in [-0.4, -0.2) is 12.5 Å². The Morgan fingerprint density at radius 2 is 2.05 bits per heavy atom. The van der Waals surface area contributed by atoms with E-state index in [-0.39, 0.29) is 23.2 Å². The Bertz CT molecular complexity index is 434. The van der Waals surface area contributed by atoms with Gasteiger partial charge in [0.15, 0.2) is 0 Å². The summed E-state index contributed by atoms with van der Waals surface area (Å²) in [5.74, 6) is -0.235. The van der Waals surface area contributed by atoms with Crippen LogP contribution in [0.3, 0.4) is 0 Å². The minimum atomic E-state index is -0.265. The van der Waals surface area contributed by atoms with Gasteiger partial charge in [-0.2, -0.15) is 0 Å². The van der Waals surface area contributed by atoms with Crippen LogP contribution in [0.25, 0.3) is 0 Å². The highest BCUT2D eigenvalue weighted by Crippen LogP contribution is 2.42. The number of hydrogen-bond acceptors (Lipinski definition) is 2. The molecule has 1 aromatic rings. The summed E-state index contributed by atoms with van der Waals surface area (Å²) in [6, 6.07) is 6.10. The smallest absolute Gasteiger partial charge is 0.221 e. The zero-order valence-corrected chi connectivity index (χ0v) is 11.3. The number of benzene rings is 1. The molecule has 0 aliphatic heterocycles. The highest BCUT2D eigenvalue weighted by atomic mass is 19.1. The summed E-state index contributed by atoms with van der Waals surface area (Å²) in [6.45, 7) is 2.48. The molecular weight excluding hydrogens is 243 g/mol. The molecule has 19 heavy (non-hydrogen) atoms. The highest BCUT2D eigenvalue weighted by Gasteiger charge is 2.37. The van der Waals surface area contributed by atoms with Gasteiger partial charge in [0.05, 0.1) is 6.04 Å². The van der Waals surface area contributed by atoms with Gasteiger partial charge < -0.3 is 11.1 Å². The van der Waals surface area contributed by atoms with E-state index in [0.717, 1.165) is 24.8 Å². The Morgan fingerprint density at radius 1 is 1.42 bits per heavy atom. The lowest BCUT2D eigenvalue weighted by Gasteiger charge is -2.40. The lowest BCUT2D eigenvalue weighted by molar-refractivity contribution is -0.125. The normalized spacial score (nSPS) is 18.5. The van der Waals surface area contributed by atoms with E-state index in [4.69, 9.17) is 5.73 Å². The summed E-state index contributed by atoms with van der Waals surface area (Å²) in [6.07, 6.45) is 3.75. The van der Waals surface area contributed by atoms with Crippen molar-refractivity contribution < 1.29 is 9.18 Å². The Hall–Kier alpha value is -1.42. The highest BCUT2D eigenvalue weighted by molar-refractivity contribution is 5.77. The molecule has 0 heterocycles. The number of carbonyl (C=O) groups is 1. The minimum absolute atomic E-state index is 0.0204. The van der Waals surface area contributed by atoms with Crippen LogP contribution in [0, 0.1) is 11.2 Å². The van der Waals surface area contributed by atoms with Crippen molar-refractivity contribution in [2.75, 3.05) is 6.54 Å². The summed E-state index contributed by atoms with van der Waals surface area (Å²) in [5, 5.41) is 2.96. The van der Waals surface area contributed by atoms with Crippen molar-refractivity contribution in [2.24, 2.45) is 11.1 Å². The molecule has 1 aliphatic carbocycles. The second kappa shape index (κ2) is 5.70. The molecule has 1 aliphatic rings. The lowest BCUT2D eigenvalue weighted by atomic mass is 9.66. The van der Waals surface area contributed by atoms with E-state index in [1.807, 2.05) is 6.92 Å². The van der Waals surface area contributed by atoms with Crippen molar-refractivity contribution in [3.8, 4) is 0 Å². The monoisotopic (exact) mass is 264 g/mol. The number of carbonyl (C=O) groups excluding carboxylic acids is 1. The van der Waals surface area contributed by atoms with E-state index in [0.29, 0.717) is 13.0 Å². The topological polar surface area (TPSA) is 55.1 Å². The summed E-state index contributed by atoms with van der Waals surface area (Å²) >= 11 is 0. The van der Waals surface area contributed by atoms with Crippen molar-refractivity contribution in [1.82, 2.24) is 5.32 Å². The van der Waals surface area contributed by atoms with Crippen molar-refractivity contribution >= 4 is 5.91 Å². The van der Waals surface area contributed by atoms with Gasteiger partial charge in [-0.3, -0.25) is 4.79 Å². The molecule has 4 heteroatoms. The average Bonchev–Trinajstić information content (AvgIpc) is 2.34. The van der Waals surface area contributed by atoms with Crippen LogP contribution in [0.2, 0.25) is 0 Å². The maximum Gasteiger partial charge on any atom is 0.221 e. The number of nitrogens with one attached hydrogen (secondary N) is 1. The van der Waals surface area contributed by atoms with Gasteiger partial charge in [-0.1, -0.05) is 18.6 Å². The fraction of sp³-hybridized carbons (Fsp3) is 0.533. The largest absolute Gasteiger partial charge is 0.350 e. The number of rotatable bonds is 5. The third-order valence-corrected chi connectivity index (χ3v) is 4.13. The molecule has 2 rings (SSSR count). The predicted molar refractivity (Wildman–Crippen MR) is 72.9 cm³/mol. The zero-order chi connectivity index (χ0) is 13.9. The molecular formula is C15H21FN2O. The fourth-order valence-electron chi connectivity index (χ4n) is 2.60. The molecule has 0 saturated heterocycles. The van der Waals surface area contributed by atoms with E-state index < -0.39 is 0 Å². The first kappa shape index (κ1) is 14.0. The van der Waals surface area contributed by atoms with E-state index in [1.165, 1.54) is 12.1 Å². The first-order valence-corrected chi connectivity index (χ1v) is 6.80. The quantitative estimate of drug-likeness (QED) is 0.858. The van der Waals surface area contributed by atoms with Crippen LogP contribution in [0.15, 0.2) is 24.3 Å². The maximum atomic E-state index is 12.8. The van der Waals surface area contributed by atoms with Gasteiger partial charge in [0, 0.05) is 6.42 Å². The second-order valence-corrected chi connectivity index (χ2v) is 5.58. The van der Waals surface area contributed by atoms with Crippen molar-refractivity contribution in [3.05, 3.63) is 35.6 Å². The van der Waals surface area contributed by atoms with Crippen LogP contribution >= 0.6 is 0 Å². The third-order valence-electron chi connectivity index (χ3n) is 4.13. The average molecular weight is 264 g/mol. The van der Waals surface area contributed by atoms with Gasteiger partial charge >= 0.3 is 0 Å². The van der Waals surface area contributed by atoms with Crippen molar-refractivity contribution in [2.45, 2.75) is 38.6 Å². The standard InChI is InChI=1S/C15H21FN2O/c1-11(12-3-5-13(16)6-4-12)18-14(19)9-15(10-17)7-2-8-15/h3-6,11H,2,7-10,17H2,1H3,(H,18,19). The molecule has 0 radical (unpaired) electrons. The van der Waals surface area contributed by atoms with Gasteiger partial charge in [-0.05, 0) is 49.4 Å². The van der Waals surface area contributed by atoms with Gasteiger partial charge in [-0.15, -0.1) is 0 Å². The molecule has 1 unspecified atom stereocenters. The molecule has 1 amide bonds. The Balaban J connectivity index is 1.89. The fourth-order valence-corrected chi connectivity index (χ4v) is 2.60. The van der Waals surface area contributed by atoms with Gasteiger partial charge in [0.2, 0.25) is 5.91 Å². The van der Waals surface area contributed by atoms with Gasteiger partial charge in [0.1, 0.15) is 5.82 Å². The molecule has 104 valence electrons. The Kier molecular flexibility index (Phi) is 4.20. The van der Waals surface area contributed by atoms with Crippen LogP contribution in [0.5, 0.6) is 0 Å². The zero-order valence-electron chi connectivity index (χ0n) is 11.3. The molecule has 1 fully saturated rings. The van der Waals surface area contributed by atoms with Crippen molar-refractivity contribution in [1.29, 1.82) is 0 Å². The molecule has 1 atom stereocenters. The number of amides is 1. The predicted octanol–water partition coefficient (Wildman–Crippen LogP) is 2.52. The second-order valence-electron chi connectivity index (χ2n) is 5.58. The number of halogens is 1. The first-order valence-electron chi connectivity index (χ1n) is 6.80. The molecule has 1 aromatic carbocycles. The van der Waals surface area contributed by atoms with E-state index in [1.54, 1.807) is 12.1 Å². The van der Waals surface area contributed by atoms with Gasteiger partial charge in [-0.25, -0.2) is 4.39 Å². The maximum absolute atomic E-state index is 12.8. The van der Waals surface area contributed by atoms with E-state index >= 15 is 0 Å². The number of nitrogens with two attached hydrogens (primary N) is 1. The van der Waals surface area contributed by atoms with Crippen LogP contribution in [0.1, 0.15) is 44.2 Å². The van der Waals surface area contributed by atoms with Gasteiger partial charge in [0.25, 0.3) is 0 Å². The molecule has 0 spiro atoms. The summed E-state index contributed by atoms with van der Waals surface area (Å²) in [4.78, 5) is 12.0. The first-order chi connectivity index (χ1) is 9.04.